The average Bonchev–Trinajstić information content (AvgIpc) is 3.60. The van der Waals surface area contributed by atoms with Gasteiger partial charge in [0.05, 0.1) is 28.1 Å². The van der Waals surface area contributed by atoms with E-state index in [1.54, 1.807) is 18.2 Å². The first-order chi connectivity index (χ1) is 16.4. The summed E-state index contributed by atoms with van der Waals surface area (Å²) in [6.45, 7) is -0.543. The molecule has 1 heterocycles. The fourth-order valence-electron chi connectivity index (χ4n) is 6.04. The minimum atomic E-state index is -0.798. The van der Waals surface area contributed by atoms with E-state index in [0.29, 0.717) is 16.9 Å². The van der Waals surface area contributed by atoms with E-state index < -0.39 is 18.4 Å². The number of nitrogens with zero attached hydrogens (tertiary/aromatic N) is 1. The molecule has 34 heavy (non-hydrogen) atoms. The van der Waals surface area contributed by atoms with Gasteiger partial charge in [-0.1, -0.05) is 47.5 Å². The molecule has 0 aromatic heterocycles. The highest BCUT2D eigenvalue weighted by molar-refractivity contribution is 6.37. The highest BCUT2D eigenvalue weighted by atomic mass is 35.5. The van der Waals surface area contributed by atoms with Crippen LogP contribution in [0.25, 0.3) is 0 Å². The molecular formula is C26H19Cl2NO5. The number of amides is 2. The summed E-state index contributed by atoms with van der Waals surface area (Å²) in [5, 5.41) is 0.542. The molecule has 2 saturated carbocycles. The summed E-state index contributed by atoms with van der Waals surface area (Å²) in [5.41, 5.74) is 0.438. The number of imide groups is 1. The van der Waals surface area contributed by atoms with Crippen LogP contribution in [0.1, 0.15) is 27.1 Å². The fourth-order valence-corrected chi connectivity index (χ4v) is 6.55. The zero-order valence-electron chi connectivity index (χ0n) is 17.8. The van der Waals surface area contributed by atoms with Crippen molar-refractivity contribution in [3.8, 4) is 0 Å². The van der Waals surface area contributed by atoms with Crippen LogP contribution in [0.15, 0.2) is 54.6 Å². The quantitative estimate of drug-likeness (QED) is 0.262. The lowest BCUT2D eigenvalue weighted by Crippen LogP contribution is -2.40. The Morgan fingerprint density at radius 1 is 0.912 bits per heavy atom. The summed E-state index contributed by atoms with van der Waals surface area (Å²) in [6, 6.07) is 10.8. The molecule has 2 amide bonds. The lowest BCUT2D eigenvalue weighted by atomic mass is 9.63. The van der Waals surface area contributed by atoms with Crippen molar-refractivity contribution in [2.24, 2.45) is 35.5 Å². The third-order valence-corrected chi connectivity index (χ3v) is 8.14. The second kappa shape index (κ2) is 7.79. The third kappa shape index (κ3) is 3.16. The molecular weight excluding hydrogens is 477 g/mol. The number of Topliss-reactive ketones (excluding diaryl/α,β-unsaturated/α-hetero) is 1. The predicted octanol–water partition coefficient (Wildman–Crippen LogP) is 4.59. The molecule has 2 aromatic carbocycles. The van der Waals surface area contributed by atoms with Crippen LogP contribution in [0, 0.1) is 35.5 Å². The molecule has 4 aliphatic carbocycles. The molecule has 8 heteroatoms. The molecule has 1 aliphatic heterocycles. The first kappa shape index (κ1) is 21.6. The zero-order chi connectivity index (χ0) is 23.7. The van der Waals surface area contributed by atoms with Gasteiger partial charge in [-0.2, -0.15) is 0 Å². The summed E-state index contributed by atoms with van der Waals surface area (Å²) in [4.78, 5) is 53.5. The van der Waals surface area contributed by atoms with Gasteiger partial charge in [0.1, 0.15) is 0 Å². The van der Waals surface area contributed by atoms with Crippen LogP contribution in [0.2, 0.25) is 10.0 Å². The topological polar surface area (TPSA) is 80.8 Å². The van der Waals surface area contributed by atoms with Crippen LogP contribution in [-0.4, -0.2) is 30.2 Å². The molecule has 3 fully saturated rings. The number of ether oxygens (including phenoxy) is 1. The van der Waals surface area contributed by atoms with Crippen LogP contribution in [0.3, 0.4) is 0 Å². The van der Waals surface area contributed by atoms with E-state index in [1.165, 1.54) is 24.3 Å². The van der Waals surface area contributed by atoms with E-state index in [2.05, 4.69) is 12.2 Å². The molecule has 6 atom stereocenters. The molecule has 2 aromatic rings. The molecule has 6 nitrogen and oxygen atoms in total. The number of para-hydroxylation sites is 1. The normalized spacial score (nSPS) is 30.2. The predicted molar refractivity (Wildman–Crippen MR) is 125 cm³/mol. The Morgan fingerprint density at radius 2 is 1.56 bits per heavy atom. The highest BCUT2D eigenvalue weighted by Crippen LogP contribution is 2.65. The Bertz CT molecular complexity index is 1270. The molecule has 172 valence electrons. The van der Waals surface area contributed by atoms with Gasteiger partial charge < -0.3 is 4.74 Å². The van der Waals surface area contributed by atoms with E-state index in [1.807, 2.05) is 0 Å². The van der Waals surface area contributed by atoms with Crippen molar-refractivity contribution in [3.05, 3.63) is 75.8 Å². The van der Waals surface area contributed by atoms with Gasteiger partial charge in [-0.25, -0.2) is 9.69 Å². The van der Waals surface area contributed by atoms with Crippen LogP contribution < -0.4 is 4.90 Å². The van der Waals surface area contributed by atoms with Gasteiger partial charge in [0, 0.05) is 10.6 Å². The van der Waals surface area contributed by atoms with Gasteiger partial charge in [-0.3, -0.25) is 14.4 Å². The standard InChI is InChI=1S/C26H19Cl2NO5/c27-12-5-6-15(19(28)9-12)21(30)11-34-26(33)16-3-1-2-4-20(16)29-24(31)22-13-7-8-14(18-10-17(13)18)23(22)25(29)32/h1-9,13-14,17-18,22-23H,10-11H2/t13-,14-,17-,18-,22+,23+/m1/s1. The van der Waals surface area contributed by atoms with E-state index in [0.717, 1.165) is 11.3 Å². The maximum absolute atomic E-state index is 13.4. The number of ketones is 1. The number of allylic oxidation sites excluding steroid dienone is 2. The van der Waals surface area contributed by atoms with E-state index in [9.17, 15) is 19.2 Å². The second-order valence-electron chi connectivity index (χ2n) is 9.31. The smallest absolute Gasteiger partial charge is 0.340 e. The first-order valence-corrected chi connectivity index (χ1v) is 11.9. The van der Waals surface area contributed by atoms with Gasteiger partial charge >= 0.3 is 5.97 Å². The molecule has 1 saturated heterocycles. The number of esters is 1. The van der Waals surface area contributed by atoms with Crippen LogP contribution >= 0.6 is 23.2 Å². The van der Waals surface area contributed by atoms with Crippen molar-refractivity contribution in [2.75, 3.05) is 11.5 Å². The zero-order valence-corrected chi connectivity index (χ0v) is 19.3. The van der Waals surface area contributed by atoms with E-state index >= 15 is 0 Å². The minimum absolute atomic E-state index is 0.0586. The van der Waals surface area contributed by atoms with Gasteiger partial charge in [0.25, 0.3) is 0 Å². The number of carbonyl (C=O) groups is 4. The van der Waals surface area contributed by atoms with Crippen molar-refractivity contribution < 1.29 is 23.9 Å². The summed E-state index contributed by atoms with van der Waals surface area (Å²) in [5.74, 6) is -1.41. The van der Waals surface area contributed by atoms with Crippen molar-refractivity contribution in [2.45, 2.75) is 6.42 Å². The average molecular weight is 496 g/mol. The molecule has 0 radical (unpaired) electrons. The Labute approximate surface area is 205 Å². The molecule has 0 unspecified atom stereocenters. The molecule has 7 rings (SSSR count). The Kier molecular flexibility index (Phi) is 4.94. The Morgan fingerprint density at radius 3 is 2.21 bits per heavy atom. The van der Waals surface area contributed by atoms with Crippen molar-refractivity contribution in [1.82, 2.24) is 0 Å². The number of carbonyl (C=O) groups excluding carboxylic acids is 4. The summed E-state index contributed by atoms with van der Waals surface area (Å²) < 4.78 is 5.26. The van der Waals surface area contributed by atoms with Crippen LogP contribution in [0.4, 0.5) is 5.69 Å². The van der Waals surface area contributed by atoms with Gasteiger partial charge in [-0.15, -0.1) is 0 Å². The van der Waals surface area contributed by atoms with Crippen molar-refractivity contribution in [3.63, 3.8) is 0 Å². The van der Waals surface area contributed by atoms with Gasteiger partial charge in [0.15, 0.2) is 6.61 Å². The summed E-state index contributed by atoms with van der Waals surface area (Å²) >= 11 is 11.9. The largest absolute Gasteiger partial charge is 0.454 e. The number of hydrogen-bond acceptors (Lipinski definition) is 5. The van der Waals surface area contributed by atoms with Crippen molar-refractivity contribution >= 4 is 52.5 Å². The number of halogens is 2. The molecule has 0 N–H and O–H groups in total. The first-order valence-electron chi connectivity index (χ1n) is 11.2. The second-order valence-corrected chi connectivity index (χ2v) is 10.2. The Balaban J connectivity index is 1.24. The van der Waals surface area contributed by atoms with E-state index in [4.69, 9.17) is 27.9 Å². The van der Waals surface area contributed by atoms with Crippen molar-refractivity contribution in [1.29, 1.82) is 0 Å². The van der Waals surface area contributed by atoms with Gasteiger partial charge in [-0.05, 0) is 60.4 Å². The lowest BCUT2D eigenvalue weighted by molar-refractivity contribution is -0.124. The van der Waals surface area contributed by atoms with Gasteiger partial charge in [0.2, 0.25) is 17.6 Å². The monoisotopic (exact) mass is 495 g/mol. The minimum Gasteiger partial charge on any atom is -0.454 e. The SMILES string of the molecule is O=C(COC(=O)c1ccccc1N1C(=O)[C@H]2[C@@H]3C=C[C@H]([C@H]4C[C@H]34)[C@@H]2C1=O)c1ccc(Cl)cc1Cl. The molecule has 0 spiro atoms. The number of hydrogen-bond donors (Lipinski definition) is 0. The fraction of sp³-hybridized carbons (Fsp3) is 0.308. The number of benzene rings is 2. The van der Waals surface area contributed by atoms with E-state index in [-0.39, 0.29) is 57.3 Å². The number of rotatable bonds is 5. The summed E-state index contributed by atoms with van der Waals surface area (Å²) in [6.07, 6.45) is 5.27. The highest BCUT2D eigenvalue weighted by Gasteiger charge is 2.67. The maximum atomic E-state index is 13.4. The number of anilines is 1. The molecule has 2 bridgehead atoms. The summed E-state index contributed by atoms with van der Waals surface area (Å²) in [7, 11) is 0. The maximum Gasteiger partial charge on any atom is 0.340 e. The third-order valence-electron chi connectivity index (χ3n) is 7.59. The molecule has 5 aliphatic rings. The Hall–Kier alpha value is -2.96. The lowest BCUT2D eigenvalue weighted by Gasteiger charge is -2.37. The van der Waals surface area contributed by atoms with Crippen LogP contribution in [0.5, 0.6) is 0 Å². The van der Waals surface area contributed by atoms with Crippen LogP contribution in [-0.2, 0) is 14.3 Å².